The summed E-state index contributed by atoms with van der Waals surface area (Å²) in [6.07, 6.45) is 6.96. The molecule has 146 valence electrons. The zero-order valence-corrected chi connectivity index (χ0v) is 16.5. The van der Waals surface area contributed by atoms with E-state index in [4.69, 9.17) is 0 Å². The summed E-state index contributed by atoms with van der Waals surface area (Å²) in [5.41, 5.74) is 4.93. The molecule has 0 aliphatic rings. The van der Waals surface area contributed by atoms with E-state index in [1.807, 2.05) is 68.1 Å². The Morgan fingerprint density at radius 1 is 1.14 bits per heavy atom. The molecule has 29 heavy (non-hydrogen) atoms. The first-order valence-electron chi connectivity index (χ1n) is 9.37. The predicted octanol–water partition coefficient (Wildman–Crippen LogP) is 4.10. The number of aryl methyl sites for hydroxylation is 2. The third-order valence-corrected chi connectivity index (χ3v) is 4.72. The van der Waals surface area contributed by atoms with Crippen molar-refractivity contribution in [1.82, 2.24) is 19.5 Å². The number of rotatable bonds is 5. The van der Waals surface area contributed by atoms with Crippen LogP contribution in [0.25, 0.3) is 11.2 Å². The fourth-order valence-corrected chi connectivity index (χ4v) is 3.16. The molecule has 0 bridgehead atoms. The Morgan fingerprint density at radius 2 is 2.00 bits per heavy atom. The molecule has 3 heterocycles. The summed E-state index contributed by atoms with van der Waals surface area (Å²) in [4.78, 5) is 25.6. The zero-order chi connectivity index (χ0) is 20.4. The van der Waals surface area contributed by atoms with E-state index in [9.17, 15) is 4.79 Å². The molecule has 2 N–H and O–H groups in total. The lowest BCUT2D eigenvalue weighted by Crippen LogP contribution is -2.13. The van der Waals surface area contributed by atoms with Crippen LogP contribution >= 0.6 is 0 Å². The molecule has 0 aliphatic heterocycles. The molecule has 7 heteroatoms. The summed E-state index contributed by atoms with van der Waals surface area (Å²) in [7, 11) is 1.94. The third kappa shape index (κ3) is 4.08. The quantitative estimate of drug-likeness (QED) is 0.539. The maximum absolute atomic E-state index is 12.5. The van der Waals surface area contributed by atoms with Gasteiger partial charge in [-0.2, -0.15) is 0 Å². The molecular weight excluding hydrogens is 364 g/mol. The van der Waals surface area contributed by atoms with E-state index in [2.05, 4.69) is 25.6 Å². The molecule has 0 saturated heterocycles. The molecule has 0 spiro atoms. The number of nitrogens with one attached hydrogen (secondary N) is 2. The number of amides is 1. The second kappa shape index (κ2) is 7.71. The summed E-state index contributed by atoms with van der Waals surface area (Å²) in [5.74, 6) is 0.520. The van der Waals surface area contributed by atoms with Gasteiger partial charge >= 0.3 is 0 Å². The van der Waals surface area contributed by atoms with Gasteiger partial charge in [-0.25, -0.2) is 9.97 Å². The predicted molar refractivity (Wildman–Crippen MR) is 114 cm³/mol. The highest BCUT2D eigenvalue weighted by Gasteiger charge is 2.11. The standard InChI is InChI=1S/C22H22N6O/c1-14-9-17(12-23-11-14)22(29)26-18-6-4-5-16(10-18)15(2)25-20-13-24-19-7-8-28(3)21(19)27-20/h4-13,15H,1-3H3,(H,25,27)(H,26,29)/t15-/m0/s1. The number of carbonyl (C=O) groups excluding carboxylic acids is 1. The van der Waals surface area contributed by atoms with E-state index in [0.717, 1.165) is 28.0 Å². The summed E-state index contributed by atoms with van der Waals surface area (Å²) in [5, 5.41) is 6.31. The Hall–Kier alpha value is -3.74. The van der Waals surface area contributed by atoms with Gasteiger partial charge in [0, 0.05) is 31.3 Å². The van der Waals surface area contributed by atoms with Crippen molar-refractivity contribution in [2.45, 2.75) is 19.9 Å². The van der Waals surface area contributed by atoms with Crippen molar-refractivity contribution in [1.29, 1.82) is 0 Å². The van der Waals surface area contributed by atoms with Gasteiger partial charge in [0.2, 0.25) is 0 Å². The highest BCUT2D eigenvalue weighted by molar-refractivity contribution is 6.04. The Kier molecular flexibility index (Phi) is 4.95. The topological polar surface area (TPSA) is 84.7 Å². The van der Waals surface area contributed by atoms with E-state index in [0.29, 0.717) is 11.4 Å². The molecular formula is C22H22N6O. The normalized spacial score (nSPS) is 12.0. The number of benzene rings is 1. The van der Waals surface area contributed by atoms with Crippen LogP contribution in [-0.2, 0) is 7.05 Å². The average Bonchev–Trinajstić information content (AvgIpc) is 3.08. The summed E-state index contributed by atoms with van der Waals surface area (Å²) >= 11 is 0. The fourth-order valence-electron chi connectivity index (χ4n) is 3.16. The number of anilines is 2. The fraction of sp³-hybridized carbons (Fsp3) is 0.182. The monoisotopic (exact) mass is 386 g/mol. The molecule has 1 aromatic carbocycles. The van der Waals surface area contributed by atoms with Crippen LogP contribution < -0.4 is 10.6 Å². The van der Waals surface area contributed by atoms with Crippen molar-refractivity contribution in [3.05, 3.63) is 77.9 Å². The molecule has 1 atom stereocenters. The van der Waals surface area contributed by atoms with Crippen molar-refractivity contribution >= 4 is 28.6 Å². The molecule has 0 fully saturated rings. The van der Waals surface area contributed by atoms with Crippen molar-refractivity contribution in [2.24, 2.45) is 7.05 Å². The first-order valence-corrected chi connectivity index (χ1v) is 9.37. The second-order valence-corrected chi connectivity index (χ2v) is 7.09. The summed E-state index contributed by atoms with van der Waals surface area (Å²) in [6, 6.07) is 11.5. The number of hydrogen-bond donors (Lipinski definition) is 2. The van der Waals surface area contributed by atoms with Crippen LogP contribution in [0.1, 0.15) is 34.5 Å². The van der Waals surface area contributed by atoms with Gasteiger partial charge in [0.25, 0.3) is 5.91 Å². The number of pyridine rings is 1. The average molecular weight is 386 g/mol. The van der Waals surface area contributed by atoms with E-state index in [-0.39, 0.29) is 11.9 Å². The molecule has 3 aromatic heterocycles. The van der Waals surface area contributed by atoms with Crippen LogP contribution in [0, 0.1) is 6.92 Å². The van der Waals surface area contributed by atoms with Gasteiger partial charge in [-0.1, -0.05) is 12.1 Å². The minimum Gasteiger partial charge on any atom is -0.362 e. The number of hydrogen-bond acceptors (Lipinski definition) is 5. The Bertz CT molecular complexity index is 1180. The van der Waals surface area contributed by atoms with Crippen LogP contribution in [-0.4, -0.2) is 25.4 Å². The van der Waals surface area contributed by atoms with Gasteiger partial charge in [0.1, 0.15) is 11.3 Å². The van der Waals surface area contributed by atoms with Crippen molar-refractivity contribution in [3.63, 3.8) is 0 Å². The largest absolute Gasteiger partial charge is 0.362 e. The van der Waals surface area contributed by atoms with Crippen molar-refractivity contribution in [3.8, 4) is 0 Å². The lowest BCUT2D eigenvalue weighted by Gasteiger charge is -2.16. The number of carbonyl (C=O) groups is 1. The van der Waals surface area contributed by atoms with Crippen molar-refractivity contribution < 1.29 is 4.79 Å². The van der Waals surface area contributed by atoms with Gasteiger partial charge in [0.15, 0.2) is 5.65 Å². The zero-order valence-electron chi connectivity index (χ0n) is 16.5. The van der Waals surface area contributed by atoms with Crippen LogP contribution in [0.5, 0.6) is 0 Å². The van der Waals surface area contributed by atoms with Gasteiger partial charge in [0.05, 0.1) is 17.8 Å². The molecule has 0 radical (unpaired) electrons. The second-order valence-electron chi connectivity index (χ2n) is 7.09. The summed E-state index contributed by atoms with van der Waals surface area (Å²) < 4.78 is 1.94. The molecule has 1 amide bonds. The maximum Gasteiger partial charge on any atom is 0.257 e. The smallest absolute Gasteiger partial charge is 0.257 e. The number of aromatic nitrogens is 4. The van der Waals surface area contributed by atoms with E-state index < -0.39 is 0 Å². The van der Waals surface area contributed by atoms with Crippen molar-refractivity contribution in [2.75, 3.05) is 10.6 Å². The minimum atomic E-state index is -0.181. The van der Waals surface area contributed by atoms with Gasteiger partial charge in [-0.3, -0.25) is 9.78 Å². The molecule has 4 rings (SSSR count). The maximum atomic E-state index is 12.5. The minimum absolute atomic E-state index is 0.0143. The van der Waals surface area contributed by atoms with Crippen LogP contribution in [0.3, 0.4) is 0 Å². The first kappa shape index (κ1) is 18.6. The first-order chi connectivity index (χ1) is 14.0. The molecule has 4 aromatic rings. The highest BCUT2D eigenvalue weighted by Crippen LogP contribution is 2.22. The Labute approximate surface area is 168 Å². The van der Waals surface area contributed by atoms with Crippen LogP contribution in [0.2, 0.25) is 0 Å². The SMILES string of the molecule is Cc1cncc(C(=O)Nc2cccc([C@H](C)Nc3cnc4ccn(C)c4n3)c2)c1. The molecule has 0 aliphatic carbocycles. The van der Waals surface area contributed by atoms with Gasteiger partial charge in [-0.05, 0) is 49.2 Å². The number of fused-ring (bicyclic) bond motifs is 1. The van der Waals surface area contributed by atoms with E-state index in [1.54, 1.807) is 18.6 Å². The third-order valence-electron chi connectivity index (χ3n) is 4.72. The highest BCUT2D eigenvalue weighted by atomic mass is 16.1. The lowest BCUT2D eigenvalue weighted by molar-refractivity contribution is 0.102. The Balaban J connectivity index is 1.49. The molecule has 0 unspecified atom stereocenters. The molecule has 7 nitrogen and oxygen atoms in total. The van der Waals surface area contributed by atoms with Crippen LogP contribution in [0.4, 0.5) is 11.5 Å². The summed E-state index contributed by atoms with van der Waals surface area (Å²) in [6.45, 7) is 3.95. The van der Waals surface area contributed by atoms with E-state index in [1.165, 1.54) is 0 Å². The number of nitrogens with zero attached hydrogens (tertiary/aromatic N) is 4. The van der Waals surface area contributed by atoms with Gasteiger partial charge < -0.3 is 15.2 Å². The Morgan fingerprint density at radius 3 is 2.83 bits per heavy atom. The lowest BCUT2D eigenvalue weighted by atomic mass is 10.1. The van der Waals surface area contributed by atoms with E-state index >= 15 is 0 Å². The molecule has 0 saturated carbocycles. The van der Waals surface area contributed by atoms with Crippen LogP contribution in [0.15, 0.2) is 61.2 Å². The van der Waals surface area contributed by atoms with Gasteiger partial charge in [-0.15, -0.1) is 0 Å².